The maximum absolute atomic E-state index is 6.00. The van der Waals surface area contributed by atoms with Crippen molar-refractivity contribution in [1.82, 2.24) is 9.80 Å². The van der Waals surface area contributed by atoms with E-state index in [0.717, 1.165) is 38.5 Å². The molecule has 0 bridgehead atoms. The first-order valence-corrected chi connectivity index (χ1v) is 9.51. The predicted octanol–water partition coefficient (Wildman–Crippen LogP) is 3.16. The molecule has 0 amide bonds. The predicted molar refractivity (Wildman–Crippen MR) is 97.5 cm³/mol. The van der Waals surface area contributed by atoms with Crippen molar-refractivity contribution < 1.29 is 9.47 Å². The minimum absolute atomic E-state index is 0.317. The van der Waals surface area contributed by atoms with Crippen molar-refractivity contribution >= 4 is 0 Å². The summed E-state index contributed by atoms with van der Waals surface area (Å²) in [6.07, 6.45) is 4.70. The zero-order chi connectivity index (χ0) is 16.8. The van der Waals surface area contributed by atoms with Gasteiger partial charge in [0.2, 0.25) is 0 Å². The van der Waals surface area contributed by atoms with Crippen molar-refractivity contribution in [3.8, 4) is 5.75 Å². The van der Waals surface area contributed by atoms with Crippen LogP contribution in [0.1, 0.15) is 38.7 Å². The highest BCUT2D eigenvalue weighted by Gasteiger charge is 2.22. The van der Waals surface area contributed by atoms with Crippen LogP contribution in [0.25, 0.3) is 0 Å². The number of hydrogen-bond acceptors (Lipinski definition) is 4. The molecule has 24 heavy (non-hydrogen) atoms. The molecule has 0 radical (unpaired) electrons. The molecule has 2 heterocycles. The lowest BCUT2D eigenvalue weighted by Crippen LogP contribution is -2.44. The van der Waals surface area contributed by atoms with Gasteiger partial charge in [-0.3, -0.25) is 9.80 Å². The van der Waals surface area contributed by atoms with Gasteiger partial charge in [0.15, 0.2) is 0 Å². The van der Waals surface area contributed by atoms with Gasteiger partial charge in [0.25, 0.3) is 0 Å². The molecule has 2 atom stereocenters. The summed E-state index contributed by atoms with van der Waals surface area (Å²) in [5.74, 6) is 0.999. The summed E-state index contributed by atoms with van der Waals surface area (Å²) in [4.78, 5) is 5.00. The van der Waals surface area contributed by atoms with E-state index in [0.29, 0.717) is 12.2 Å². The van der Waals surface area contributed by atoms with Gasteiger partial charge in [-0.05, 0) is 57.5 Å². The van der Waals surface area contributed by atoms with Crippen LogP contribution in [0.5, 0.6) is 5.75 Å². The Labute approximate surface area is 146 Å². The van der Waals surface area contributed by atoms with Crippen LogP contribution < -0.4 is 4.74 Å². The zero-order valence-electron chi connectivity index (χ0n) is 15.2. The van der Waals surface area contributed by atoms with Crippen molar-refractivity contribution in [2.75, 3.05) is 39.3 Å². The van der Waals surface area contributed by atoms with Crippen LogP contribution in [-0.4, -0.2) is 61.3 Å². The molecule has 4 nitrogen and oxygen atoms in total. The summed E-state index contributed by atoms with van der Waals surface area (Å²) in [5, 5.41) is 0. The van der Waals surface area contributed by atoms with E-state index in [9.17, 15) is 0 Å². The van der Waals surface area contributed by atoms with Crippen LogP contribution in [0.2, 0.25) is 0 Å². The molecule has 2 aliphatic heterocycles. The molecule has 1 aromatic carbocycles. The monoisotopic (exact) mass is 332 g/mol. The van der Waals surface area contributed by atoms with Crippen LogP contribution in [-0.2, 0) is 11.3 Å². The molecule has 0 N–H and O–H groups in total. The molecule has 0 aromatic heterocycles. The molecule has 3 rings (SSSR count). The first kappa shape index (κ1) is 17.7. The molecule has 134 valence electrons. The average molecular weight is 332 g/mol. The molecule has 0 aliphatic carbocycles. The third-order valence-electron chi connectivity index (χ3n) is 4.92. The van der Waals surface area contributed by atoms with E-state index in [-0.39, 0.29) is 0 Å². The molecule has 0 saturated carbocycles. The number of nitrogens with zero attached hydrogens (tertiary/aromatic N) is 2. The number of benzene rings is 1. The van der Waals surface area contributed by atoms with Gasteiger partial charge in [-0.15, -0.1) is 0 Å². The molecule has 2 fully saturated rings. The first-order valence-electron chi connectivity index (χ1n) is 9.51. The van der Waals surface area contributed by atoms with E-state index < -0.39 is 0 Å². The Balaban J connectivity index is 1.46. The van der Waals surface area contributed by atoms with Gasteiger partial charge in [-0.1, -0.05) is 18.6 Å². The summed E-state index contributed by atoms with van der Waals surface area (Å²) in [6, 6.07) is 8.58. The topological polar surface area (TPSA) is 24.9 Å². The second kappa shape index (κ2) is 8.84. The highest BCUT2D eigenvalue weighted by atomic mass is 16.5. The quantitative estimate of drug-likeness (QED) is 0.799. The minimum atomic E-state index is 0.317. The van der Waals surface area contributed by atoms with Crippen LogP contribution >= 0.6 is 0 Å². The van der Waals surface area contributed by atoms with Gasteiger partial charge in [0.1, 0.15) is 12.4 Å². The number of piperidine rings is 1. The van der Waals surface area contributed by atoms with Gasteiger partial charge in [-0.25, -0.2) is 0 Å². The summed E-state index contributed by atoms with van der Waals surface area (Å²) in [5.41, 5.74) is 1.33. The van der Waals surface area contributed by atoms with Gasteiger partial charge in [-0.2, -0.15) is 0 Å². The average Bonchev–Trinajstić information content (AvgIpc) is 2.55. The molecular formula is C20H32N2O2. The Morgan fingerprint density at radius 1 is 1.04 bits per heavy atom. The highest BCUT2D eigenvalue weighted by molar-refractivity contribution is 5.28. The van der Waals surface area contributed by atoms with Crippen LogP contribution in [0.15, 0.2) is 24.3 Å². The standard InChI is InChI=1S/C20H32N2O2/c1-17-14-22(15-18(2)24-17)16-19-7-6-8-20(13-19)23-12-11-21-9-4-3-5-10-21/h6-8,13,17-18H,3-5,9-12,14-16H2,1-2H3/t17-,18+. The fraction of sp³-hybridized carbons (Fsp3) is 0.700. The normalized spacial score (nSPS) is 26.4. The smallest absolute Gasteiger partial charge is 0.119 e. The van der Waals surface area contributed by atoms with Gasteiger partial charge >= 0.3 is 0 Å². The van der Waals surface area contributed by atoms with Gasteiger partial charge < -0.3 is 9.47 Å². The Kier molecular flexibility index (Phi) is 6.52. The molecule has 2 aliphatic rings. The third kappa shape index (κ3) is 5.47. The number of hydrogen-bond donors (Lipinski definition) is 0. The fourth-order valence-corrected chi connectivity index (χ4v) is 3.88. The first-order chi connectivity index (χ1) is 11.7. The zero-order valence-corrected chi connectivity index (χ0v) is 15.2. The van der Waals surface area contributed by atoms with Crippen molar-refractivity contribution in [2.45, 2.75) is 51.9 Å². The number of ether oxygens (including phenoxy) is 2. The summed E-state index contributed by atoms with van der Waals surface area (Å²) in [6.45, 7) is 11.6. The molecule has 1 aromatic rings. The number of likely N-dealkylation sites (tertiary alicyclic amines) is 1. The molecule has 2 saturated heterocycles. The lowest BCUT2D eigenvalue weighted by molar-refractivity contribution is -0.0704. The lowest BCUT2D eigenvalue weighted by atomic mass is 10.1. The second-order valence-electron chi connectivity index (χ2n) is 7.35. The van der Waals surface area contributed by atoms with Crippen molar-refractivity contribution in [2.24, 2.45) is 0 Å². The van der Waals surface area contributed by atoms with Crippen molar-refractivity contribution in [3.05, 3.63) is 29.8 Å². The van der Waals surface area contributed by atoms with Gasteiger partial charge in [0, 0.05) is 26.2 Å². The summed E-state index contributed by atoms with van der Waals surface area (Å²) >= 11 is 0. The maximum Gasteiger partial charge on any atom is 0.119 e. The molecule has 0 unspecified atom stereocenters. The van der Waals surface area contributed by atoms with E-state index in [1.807, 2.05) is 0 Å². The van der Waals surface area contributed by atoms with Crippen molar-refractivity contribution in [3.63, 3.8) is 0 Å². The molecule has 4 heteroatoms. The number of rotatable bonds is 6. The van der Waals surface area contributed by atoms with Crippen LogP contribution in [0, 0.1) is 0 Å². The Bertz CT molecular complexity index is 492. The van der Waals surface area contributed by atoms with Crippen LogP contribution in [0.3, 0.4) is 0 Å². The Hall–Kier alpha value is -1.10. The second-order valence-corrected chi connectivity index (χ2v) is 7.35. The third-order valence-corrected chi connectivity index (χ3v) is 4.92. The Morgan fingerprint density at radius 3 is 2.54 bits per heavy atom. The van der Waals surface area contributed by atoms with E-state index in [1.165, 1.54) is 37.9 Å². The summed E-state index contributed by atoms with van der Waals surface area (Å²) < 4.78 is 11.8. The minimum Gasteiger partial charge on any atom is -0.492 e. The molecular weight excluding hydrogens is 300 g/mol. The van der Waals surface area contributed by atoms with Crippen LogP contribution in [0.4, 0.5) is 0 Å². The SMILES string of the molecule is C[C@@H]1CN(Cc2cccc(OCCN3CCCCC3)c2)C[C@H](C)O1. The number of morpholine rings is 1. The van der Waals surface area contributed by atoms with Crippen molar-refractivity contribution in [1.29, 1.82) is 0 Å². The van der Waals surface area contributed by atoms with E-state index in [1.54, 1.807) is 0 Å². The maximum atomic E-state index is 6.00. The largest absolute Gasteiger partial charge is 0.492 e. The Morgan fingerprint density at radius 2 is 1.79 bits per heavy atom. The van der Waals surface area contributed by atoms with E-state index >= 15 is 0 Å². The fourth-order valence-electron chi connectivity index (χ4n) is 3.88. The lowest BCUT2D eigenvalue weighted by Gasteiger charge is -2.35. The highest BCUT2D eigenvalue weighted by Crippen LogP contribution is 2.18. The van der Waals surface area contributed by atoms with E-state index in [2.05, 4.69) is 47.9 Å². The van der Waals surface area contributed by atoms with Gasteiger partial charge in [0.05, 0.1) is 12.2 Å². The summed E-state index contributed by atoms with van der Waals surface area (Å²) in [7, 11) is 0. The molecule has 0 spiro atoms. The van der Waals surface area contributed by atoms with E-state index in [4.69, 9.17) is 9.47 Å².